The van der Waals surface area contributed by atoms with Crippen molar-refractivity contribution in [3.63, 3.8) is 0 Å². The van der Waals surface area contributed by atoms with E-state index < -0.39 is 6.10 Å². The molecule has 2 rings (SSSR count). The highest BCUT2D eigenvalue weighted by atomic mass is 16.5. The van der Waals surface area contributed by atoms with Gasteiger partial charge in [0.25, 0.3) is 5.91 Å². The summed E-state index contributed by atoms with van der Waals surface area (Å²) in [6.45, 7) is 10.1. The van der Waals surface area contributed by atoms with Crippen LogP contribution in [0.3, 0.4) is 0 Å². The molecular weight excluding hydrogens is 314 g/mol. The molecule has 2 aromatic rings. The second-order valence-corrected chi connectivity index (χ2v) is 6.62. The Bertz CT molecular complexity index is 689. The highest BCUT2D eigenvalue weighted by molar-refractivity contribution is 5.81. The molecule has 4 heteroatoms. The summed E-state index contributed by atoms with van der Waals surface area (Å²) < 4.78 is 11.5. The molecule has 2 aromatic carbocycles. The van der Waals surface area contributed by atoms with E-state index in [0.717, 1.165) is 16.9 Å². The second-order valence-electron chi connectivity index (χ2n) is 6.62. The van der Waals surface area contributed by atoms with Gasteiger partial charge in [0.1, 0.15) is 18.1 Å². The predicted molar refractivity (Wildman–Crippen MR) is 100 cm³/mol. The molecule has 1 N–H and O–H groups in total. The second kappa shape index (κ2) is 8.56. The monoisotopic (exact) mass is 341 g/mol. The number of ether oxygens (including phenoxy) is 2. The number of benzene rings is 2. The number of rotatable bonds is 7. The van der Waals surface area contributed by atoms with Gasteiger partial charge in [-0.25, -0.2) is 0 Å². The van der Waals surface area contributed by atoms with E-state index in [1.807, 2.05) is 64.1 Å². The topological polar surface area (TPSA) is 47.6 Å². The van der Waals surface area contributed by atoms with Gasteiger partial charge in [-0.1, -0.05) is 23.8 Å². The van der Waals surface area contributed by atoms with Gasteiger partial charge in [0.15, 0.2) is 6.10 Å². The van der Waals surface area contributed by atoms with E-state index in [1.54, 1.807) is 6.92 Å². The van der Waals surface area contributed by atoms with Crippen LogP contribution in [-0.4, -0.2) is 24.7 Å². The van der Waals surface area contributed by atoms with Crippen LogP contribution in [0.25, 0.3) is 0 Å². The molecule has 0 aliphatic carbocycles. The minimum absolute atomic E-state index is 0.112. The Morgan fingerprint density at radius 2 is 1.52 bits per heavy atom. The van der Waals surface area contributed by atoms with Gasteiger partial charge >= 0.3 is 0 Å². The van der Waals surface area contributed by atoms with E-state index in [0.29, 0.717) is 12.4 Å². The number of hydrogen-bond acceptors (Lipinski definition) is 3. The predicted octanol–water partition coefficient (Wildman–Crippen LogP) is 3.96. The van der Waals surface area contributed by atoms with Gasteiger partial charge in [0.05, 0.1) is 6.04 Å². The lowest BCUT2D eigenvalue weighted by molar-refractivity contribution is -0.128. The van der Waals surface area contributed by atoms with Gasteiger partial charge in [-0.15, -0.1) is 0 Å². The first-order valence-corrected chi connectivity index (χ1v) is 8.58. The van der Waals surface area contributed by atoms with Gasteiger partial charge in [0, 0.05) is 0 Å². The zero-order valence-electron chi connectivity index (χ0n) is 15.6. The van der Waals surface area contributed by atoms with Crippen LogP contribution >= 0.6 is 0 Å². The molecule has 25 heavy (non-hydrogen) atoms. The summed E-state index contributed by atoms with van der Waals surface area (Å²) in [6.07, 6.45) is -0.567. The third kappa shape index (κ3) is 6.14. The average molecular weight is 341 g/mol. The molecule has 0 saturated carbocycles. The lowest BCUT2D eigenvalue weighted by atomic mass is 10.1. The van der Waals surface area contributed by atoms with E-state index in [2.05, 4.69) is 11.4 Å². The fourth-order valence-corrected chi connectivity index (χ4v) is 2.52. The number of carbonyl (C=O) groups excluding carboxylic acids is 1. The van der Waals surface area contributed by atoms with Crippen LogP contribution in [0.15, 0.2) is 42.5 Å². The minimum atomic E-state index is -0.567. The van der Waals surface area contributed by atoms with Crippen molar-refractivity contribution in [2.45, 2.75) is 46.8 Å². The van der Waals surface area contributed by atoms with Crippen molar-refractivity contribution < 1.29 is 14.3 Å². The van der Waals surface area contributed by atoms with Gasteiger partial charge in [-0.05, 0) is 70.0 Å². The lowest BCUT2D eigenvalue weighted by Gasteiger charge is -2.19. The molecule has 0 aromatic heterocycles. The van der Waals surface area contributed by atoms with E-state index in [9.17, 15) is 4.79 Å². The third-order valence-electron chi connectivity index (χ3n) is 3.79. The first-order valence-electron chi connectivity index (χ1n) is 8.58. The Morgan fingerprint density at radius 1 is 0.920 bits per heavy atom. The molecule has 0 heterocycles. The highest BCUT2D eigenvalue weighted by Gasteiger charge is 2.17. The van der Waals surface area contributed by atoms with Crippen LogP contribution in [0.4, 0.5) is 0 Å². The maximum absolute atomic E-state index is 12.3. The number of aryl methyl sites for hydroxylation is 3. The Balaban J connectivity index is 1.82. The molecule has 2 atom stereocenters. The first-order chi connectivity index (χ1) is 11.8. The van der Waals surface area contributed by atoms with Crippen molar-refractivity contribution in [3.05, 3.63) is 59.2 Å². The lowest BCUT2D eigenvalue weighted by Crippen LogP contribution is -2.43. The molecule has 0 spiro atoms. The SMILES string of the molecule is Cc1ccc(OC[C@H](C)NC(=O)[C@H](C)Oc2cc(C)cc(C)c2)cc1. The molecule has 4 nitrogen and oxygen atoms in total. The van der Waals surface area contributed by atoms with E-state index >= 15 is 0 Å². The minimum Gasteiger partial charge on any atom is -0.491 e. The molecule has 0 unspecified atom stereocenters. The maximum atomic E-state index is 12.3. The fraction of sp³-hybridized carbons (Fsp3) is 0.381. The number of nitrogens with one attached hydrogen (secondary N) is 1. The summed E-state index contributed by atoms with van der Waals surface area (Å²) in [4.78, 5) is 12.3. The van der Waals surface area contributed by atoms with Crippen molar-refractivity contribution in [2.24, 2.45) is 0 Å². The number of hydrogen-bond donors (Lipinski definition) is 1. The quantitative estimate of drug-likeness (QED) is 0.829. The number of carbonyl (C=O) groups is 1. The summed E-state index contributed by atoms with van der Waals surface area (Å²) in [5.41, 5.74) is 3.41. The highest BCUT2D eigenvalue weighted by Crippen LogP contribution is 2.17. The summed E-state index contributed by atoms with van der Waals surface area (Å²) in [5, 5.41) is 2.92. The summed E-state index contributed by atoms with van der Waals surface area (Å²) in [5.74, 6) is 1.36. The van der Waals surface area contributed by atoms with Gasteiger partial charge < -0.3 is 14.8 Å². The van der Waals surface area contributed by atoms with Crippen molar-refractivity contribution in [1.82, 2.24) is 5.32 Å². The molecule has 0 aliphatic heterocycles. The van der Waals surface area contributed by atoms with E-state index in [-0.39, 0.29) is 11.9 Å². The van der Waals surface area contributed by atoms with Crippen LogP contribution in [0, 0.1) is 20.8 Å². The van der Waals surface area contributed by atoms with Gasteiger partial charge in [-0.2, -0.15) is 0 Å². The Labute approximate surface area is 150 Å². The molecule has 134 valence electrons. The van der Waals surface area contributed by atoms with Gasteiger partial charge in [-0.3, -0.25) is 4.79 Å². The maximum Gasteiger partial charge on any atom is 0.261 e. The Morgan fingerprint density at radius 3 is 2.12 bits per heavy atom. The van der Waals surface area contributed by atoms with Crippen LogP contribution in [0.5, 0.6) is 11.5 Å². The molecule has 0 aliphatic rings. The average Bonchev–Trinajstić information content (AvgIpc) is 2.53. The summed E-state index contributed by atoms with van der Waals surface area (Å²) in [6, 6.07) is 13.7. The van der Waals surface area contributed by atoms with Crippen LogP contribution < -0.4 is 14.8 Å². The molecular formula is C21H27NO3. The molecule has 0 saturated heterocycles. The zero-order valence-corrected chi connectivity index (χ0v) is 15.6. The molecule has 0 fully saturated rings. The van der Waals surface area contributed by atoms with Crippen molar-refractivity contribution >= 4 is 5.91 Å². The molecule has 0 radical (unpaired) electrons. The first kappa shape index (κ1) is 18.8. The van der Waals surface area contributed by atoms with Crippen molar-refractivity contribution in [1.29, 1.82) is 0 Å². The Kier molecular flexibility index (Phi) is 6.45. The largest absolute Gasteiger partial charge is 0.491 e. The van der Waals surface area contributed by atoms with Crippen LogP contribution in [-0.2, 0) is 4.79 Å². The molecule has 0 bridgehead atoms. The normalized spacial score (nSPS) is 13.0. The summed E-state index contributed by atoms with van der Waals surface area (Å²) >= 11 is 0. The van der Waals surface area contributed by atoms with Crippen molar-refractivity contribution in [2.75, 3.05) is 6.61 Å². The van der Waals surface area contributed by atoms with Gasteiger partial charge in [0.2, 0.25) is 0 Å². The Hall–Kier alpha value is -2.49. The van der Waals surface area contributed by atoms with E-state index in [1.165, 1.54) is 5.56 Å². The standard InChI is InChI=1S/C21H27NO3/c1-14-6-8-19(9-7-14)24-13-17(4)22-21(23)18(5)25-20-11-15(2)10-16(3)12-20/h6-12,17-18H,13H2,1-5H3,(H,22,23)/t17-,18-/m0/s1. The van der Waals surface area contributed by atoms with Crippen LogP contribution in [0.1, 0.15) is 30.5 Å². The number of amides is 1. The fourth-order valence-electron chi connectivity index (χ4n) is 2.52. The third-order valence-corrected chi connectivity index (χ3v) is 3.79. The van der Waals surface area contributed by atoms with Crippen LogP contribution in [0.2, 0.25) is 0 Å². The van der Waals surface area contributed by atoms with Crippen molar-refractivity contribution in [3.8, 4) is 11.5 Å². The zero-order chi connectivity index (χ0) is 18.4. The molecule has 1 amide bonds. The summed E-state index contributed by atoms with van der Waals surface area (Å²) in [7, 11) is 0. The smallest absolute Gasteiger partial charge is 0.261 e. The van der Waals surface area contributed by atoms with E-state index in [4.69, 9.17) is 9.47 Å².